The SMILES string of the molecule is c1ccc(-c2cc[n+](CCC3(c4ccccc4)OCCO3)cc2)cc1. The summed E-state index contributed by atoms with van der Waals surface area (Å²) < 4.78 is 14.2. The Balaban J connectivity index is 1.48. The molecular formula is C22H22NO2+. The Hall–Kier alpha value is -2.49. The molecule has 4 rings (SSSR count). The molecule has 3 nitrogen and oxygen atoms in total. The van der Waals surface area contributed by atoms with Crippen molar-refractivity contribution in [2.75, 3.05) is 13.2 Å². The van der Waals surface area contributed by atoms with Gasteiger partial charge in [0, 0.05) is 17.7 Å². The van der Waals surface area contributed by atoms with Gasteiger partial charge in [0.15, 0.2) is 18.9 Å². The molecule has 1 fully saturated rings. The number of benzene rings is 2. The highest BCUT2D eigenvalue weighted by molar-refractivity contribution is 5.61. The standard InChI is InChI=1S/C22H22NO2/c1-3-7-19(8-4-1)20-11-14-23(15-12-20)16-13-22(24-17-18-25-22)21-9-5-2-6-10-21/h1-12,14-15H,13,16-18H2/q+1. The van der Waals surface area contributed by atoms with E-state index in [0.717, 1.165) is 18.5 Å². The molecule has 0 spiro atoms. The lowest BCUT2D eigenvalue weighted by atomic mass is 10.0. The first-order valence-electron chi connectivity index (χ1n) is 8.74. The van der Waals surface area contributed by atoms with Gasteiger partial charge >= 0.3 is 0 Å². The third-order valence-corrected chi connectivity index (χ3v) is 4.66. The molecule has 0 unspecified atom stereocenters. The zero-order chi connectivity index (χ0) is 17.0. The van der Waals surface area contributed by atoms with E-state index in [1.807, 2.05) is 24.3 Å². The Bertz CT molecular complexity index is 794. The van der Waals surface area contributed by atoms with Crippen LogP contribution in [0.25, 0.3) is 11.1 Å². The van der Waals surface area contributed by atoms with Gasteiger partial charge in [-0.3, -0.25) is 0 Å². The highest BCUT2D eigenvalue weighted by Gasteiger charge is 2.39. The number of rotatable bonds is 5. The molecule has 25 heavy (non-hydrogen) atoms. The van der Waals surface area contributed by atoms with Gasteiger partial charge in [-0.1, -0.05) is 60.7 Å². The average molecular weight is 332 g/mol. The fraction of sp³-hybridized carbons (Fsp3) is 0.227. The summed E-state index contributed by atoms with van der Waals surface area (Å²) in [6.45, 7) is 2.13. The molecular weight excluding hydrogens is 310 g/mol. The lowest BCUT2D eigenvalue weighted by Crippen LogP contribution is -2.38. The number of hydrogen-bond acceptors (Lipinski definition) is 2. The summed E-state index contributed by atoms with van der Waals surface area (Å²) in [6.07, 6.45) is 5.03. The van der Waals surface area contributed by atoms with E-state index in [1.165, 1.54) is 11.1 Å². The first kappa shape index (κ1) is 16.0. The van der Waals surface area contributed by atoms with E-state index in [0.29, 0.717) is 13.2 Å². The molecule has 0 aliphatic carbocycles. The van der Waals surface area contributed by atoms with Crippen molar-refractivity contribution >= 4 is 0 Å². The van der Waals surface area contributed by atoms with Crippen molar-refractivity contribution in [1.82, 2.24) is 0 Å². The second-order valence-electron chi connectivity index (χ2n) is 6.26. The molecule has 126 valence electrons. The zero-order valence-corrected chi connectivity index (χ0v) is 14.2. The van der Waals surface area contributed by atoms with Crippen LogP contribution in [0.4, 0.5) is 0 Å². The molecule has 0 saturated carbocycles. The largest absolute Gasteiger partial charge is 0.343 e. The van der Waals surface area contributed by atoms with Crippen LogP contribution in [0.3, 0.4) is 0 Å². The zero-order valence-electron chi connectivity index (χ0n) is 14.2. The van der Waals surface area contributed by atoms with Crippen molar-refractivity contribution in [2.24, 2.45) is 0 Å². The summed E-state index contributed by atoms with van der Waals surface area (Å²) in [7, 11) is 0. The van der Waals surface area contributed by atoms with Crippen LogP contribution in [0.15, 0.2) is 85.2 Å². The van der Waals surface area contributed by atoms with Crippen molar-refractivity contribution in [3.05, 3.63) is 90.8 Å². The van der Waals surface area contributed by atoms with Crippen LogP contribution in [-0.4, -0.2) is 13.2 Å². The fourth-order valence-corrected chi connectivity index (χ4v) is 3.31. The Morgan fingerprint density at radius 2 is 1.28 bits per heavy atom. The van der Waals surface area contributed by atoms with Gasteiger partial charge in [-0.15, -0.1) is 0 Å². The second-order valence-corrected chi connectivity index (χ2v) is 6.26. The van der Waals surface area contributed by atoms with Crippen molar-refractivity contribution < 1.29 is 14.0 Å². The molecule has 0 N–H and O–H groups in total. The molecule has 0 bridgehead atoms. The summed E-state index contributed by atoms with van der Waals surface area (Å²) >= 11 is 0. The summed E-state index contributed by atoms with van der Waals surface area (Å²) in [6, 6.07) is 25.0. The fourth-order valence-electron chi connectivity index (χ4n) is 3.31. The highest BCUT2D eigenvalue weighted by Crippen LogP contribution is 2.34. The Labute approximate surface area is 148 Å². The third kappa shape index (κ3) is 3.48. The normalized spacial score (nSPS) is 16.0. The van der Waals surface area contributed by atoms with Crippen molar-refractivity contribution in [3.63, 3.8) is 0 Å². The van der Waals surface area contributed by atoms with Crippen LogP contribution in [0.2, 0.25) is 0 Å². The van der Waals surface area contributed by atoms with E-state index in [4.69, 9.17) is 9.47 Å². The molecule has 3 aromatic rings. The third-order valence-electron chi connectivity index (χ3n) is 4.66. The molecule has 0 radical (unpaired) electrons. The van der Waals surface area contributed by atoms with E-state index in [2.05, 4.69) is 65.5 Å². The molecule has 3 heteroatoms. The monoisotopic (exact) mass is 332 g/mol. The minimum atomic E-state index is -0.619. The maximum atomic E-state index is 6.01. The number of ether oxygens (including phenoxy) is 2. The van der Waals surface area contributed by atoms with Gasteiger partial charge in [0.05, 0.1) is 19.6 Å². The quantitative estimate of drug-likeness (QED) is 0.661. The van der Waals surface area contributed by atoms with Crippen LogP contribution in [0, 0.1) is 0 Å². The average Bonchev–Trinajstić information content (AvgIpc) is 3.18. The summed E-state index contributed by atoms with van der Waals surface area (Å²) in [5, 5.41) is 0. The predicted molar refractivity (Wildman–Crippen MR) is 96.7 cm³/mol. The lowest BCUT2D eigenvalue weighted by molar-refractivity contribution is -0.700. The van der Waals surface area contributed by atoms with Gasteiger partial charge in [0.25, 0.3) is 0 Å². The van der Waals surface area contributed by atoms with Crippen LogP contribution in [0.1, 0.15) is 12.0 Å². The molecule has 0 amide bonds. The highest BCUT2D eigenvalue weighted by atomic mass is 16.7. The Kier molecular flexibility index (Phi) is 4.59. The van der Waals surface area contributed by atoms with E-state index in [1.54, 1.807) is 0 Å². The van der Waals surface area contributed by atoms with E-state index in [9.17, 15) is 0 Å². The summed E-state index contributed by atoms with van der Waals surface area (Å²) in [5.41, 5.74) is 3.55. The van der Waals surface area contributed by atoms with Gasteiger partial charge in [-0.05, 0) is 11.1 Å². The molecule has 1 aliphatic rings. The minimum Gasteiger partial charge on any atom is -0.343 e. The number of hydrogen-bond donors (Lipinski definition) is 0. The van der Waals surface area contributed by atoms with Gasteiger partial charge < -0.3 is 9.47 Å². The molecule has 1 aromatic heterocycles. The number of pyridine rings is 1. The Morgan fingerprint density at radius 3 is 1.92 bits per heavy atom. The number of aromatic nitrogens is 1. The van der Waals surface area contributed by atoms with E-state index >= 15 is 0 Å². The van der Waals surface area contributed by atoms with Crippen LogP contribution < -0.4 is 4.57 Å². The molecule has 1 saturated heterocycles. The van der Waals surface area contributed by atoms with Crippen molar-refractivity contribution in [3.8, 4) is 11.1 Å². The Morgan fingerprint density at radius 1 is 0.720 bits per heavy atom. The first-order valence-corrected chi connectivity index (χ1v) is 8.74. The van der Waals surface area contributed by atoms with Crippen molar-refractivity contribution in [1.29, 1.82) is 0 Å². The predicted octanol–water partition coefficient (Wildman–Crippen LogP) is 3.93. The molecule has 2 heterocycles. The van der Waals surface area contributed by atoms with Gasteiger partial charge in [0.2, 0.25) is 5.79 Å². The summed E-state index contributed by atoms with van der Waals surface area (Å²) in [5.74, 6) is -0.619. The van der Waals surface area contributed by atoms with E-state index in [-0.39, 0.29) is 0 Å². The molecule has 2 aromatic carbocycles. The maximum Gasteiger partial charge on any atom is 0.201 e. The number of aryl methyl sites for hydroxylation is 1. The van der Waals surface area contributed by atoms with Crippen LogP contribution >= 0.6 is 0 Å². The minimum absolute atomic E-state index is 0.619. The second kappa shape index (κ2) is 7.18. The number of nitrogens with zero attached hydrogens (tertiary/aromatic N) is 1. The topological polar surface area (TPSA) is 22.3 Å². The lowest BCUT2D eigenvalue weighted by Gasteiger charge is -2.26. The van der Waals surface area contributed by atoms with Gasteiger partial charge in [0.1, 0.15) is 0 Å². The first-order chi connectivity index (χ1) is 12.4. The van der Waals surface area contributed by atoms with Crippen LogP contribution in [0.5, 0.6) is 0 Å². The van der Waals surface area contributed by atoms with Crippen molar-refractivity contribution in [2.45, 2.75) is 18.8 Å². The summed E-state index contributed by atoms with van der Waals surface area (Å²) in [4.78, 5) is 0. The van der Waals surface area contributed by atoms with Crippen LogP contribution in [-0.2, 0) is 21.8 Å². The molecule has 0 atom stereocenters. The maximum absolute atomic E-state index is 6.01. The smallest absolute Gasteiger partial charge is 0.201 e. The van der Waals surface area contributed by atoms with E-state index < -0.39 is 5.79 Å². The molecule has 1 aliphatic heterocycles. The van der Waals surface area contributed by atoms with Gasteiger partial charge in [-0.2, -0.15) is 0 Å². The van der Waals surface area contributed by atoms with Gasteiger partial charge in [-0.25, -0.2) is 4.57 Å².